The fraction of sp³-hybridized carbons (Fsp3) is 0.167. The highest BCUT2D eigenvalue weighted by Gasteiger charge is 2.14. The smallest absolute Gasteiger partial charge is 0.257 e. The first kappa shape index (κ1) is 15.2. The first-order valence-electron chi connectivity index (χ1n) is 7.56. The van der Waals surface area contributed by atoms with Gasteiger partial charge in [0, 0.05) is 5.56 Å². The molecule has 0 saturated heterocycles. The first-order valence-corrected chi connectivity index (χ1v) is 9.20. The van der Waals surface area contributed by atoms with Crippen LogP contribution in [0.25, 0.3) is 20.4 Å². The van der Waals surface area contributed by atoms with Crippen LogP contribution in [-0.2, 0) is 0 Å². The van der Waals surface area contributed by atoms with Gasteiger partial charge in [0.2, 0.25) is 0 Å². The average Bonchev–Trinajstić information content (AvgIpc) is 3.08. The van der Waals surface area contributed by atoms with E-state index < -0.39 is 0 Å². The number of rotatable bonds is 2. The van der Waals surface area contributed by atoms with Gasteiger partial charge in [-0.05, 0) is 44.5 Å². The fourth-order valence-electron chi connectivity index (χ4n) is 2.77. The van der Waals surface area contributed by atoms with Gasteiger partial charge < -0.3 is 0 Å². The summed E-state index contributed by atoms with van der Waals surface area (Å²) in [5.41, 5.74) is 4.62. The Kier molecular flexibility index (Phi) is 3.58. The molecule has 1 amide bonds. The monoisotopic (exact) mass is 353 g/mol. The maximum Gasteiger partial charge on any atom is 0.257 e. The molecule has 0 saturated carbocycles. The SMILES string of the molecule is Cc1ccc(C(=O)Nc2nc3ccc4sc(C)nc4c3s2)c(C)c1. The van der Waals surface area contributed by atoms with Gasteiger partial charge in [-0.3, -0.25) is 10.1 Å². The Labute approximate surface area is 147 Å². The molecule has 2 heterocycles. The number of benzene rings is 2. The molecule has 0 aliphatic heterocycles. The lowest BCUT2D eigenvalue weighted by Gasteiger charge is -2.06. The predicted octanol–water partition coefficient (Wildman–Crippen LogP) is 5.08. The molecule has 0 aliphatic rings. The summed E-state index contributed by atoms with van der Waals surface area (Å²) in [6.07, 6.45) is 0. The van der Waals surface area contributed by atoms with Crippen LogP contribution >= 0.6 is 22.7 Å². The molecule has 0 radical (unpaired) electrons. The number of anilines is 1. The minimum absolute atomic E-state index is 0.128. The lowest BCUT2D eigenvalue weighted by molar-refractivity contribution is 0.102. The molecule has 6 heteroatoms. The Morgan fingerprint density at radius 2 is 1.88 bits per heavy atom. The van der Waals surface area contributed by atoms with E-state index in [1.54, 1.807) is 11.3 Å². The zero-order valence-electron chi connectivity index (χ0n) is 13.5. The lowest BCUT2D eigenvalue weighted by atomic mass is 10.1. The van der Waals surface area contributed by atoms with E-state index in [0.717, 1.165) is 36.6 Å². The molecule has 1 N–H and O–H groups in total. The average molecular weight is 353 g/mol. The highest BCUT2D eigenvalue weighted by Crippen LogP contribution is 2.34. The third kappa shape index (κ3) is 2.57. The first-order chi connectivity index (χ1) is 11.5. The van der Waals surface area contributed by atoms with Crippen molar-refractivity contribution in [3.8, 4) is 0 Å². The van der Waals surface area contributed by atoms with E-state index in [4.69, 9.17) is 0 Å². The standard InChI is InChI=1S/C18H15N3OS2/c1-9-4-5-12(10(2)8-9)17(22)21-18-20-13-6-7-14-15(16(13)24-18)19-11(3)23-14/h4-8H,1-3H3,(H,20,21,22). The summed E-state index contributed by atoms with van der Waals surface area (Å²) in [5.74, 6) is -0.128. The molecule has 0 spiro atoms. The number of thiazole rings is 2. The van der Waals surface area contributed by atoms with Crippen molar-refractivity contribution >= 4 is 54.1 Å². The Bertz CT molecular complexity index is 1090. The quantitative estimate of drug-likeness (QED) is 0.546. The molecule has 2 aromatic heterocycles. The number of nitrogens with one attached hydrogen (secondary N) is 1. The van der Waals surface area contributed by atoms with Crippen molar-refractivity contribution in [1.29, 1.82) is 0 Å². The van der Waals surface area contributed by atoms with Gasteiger partial charge in [0.15, 0.2) is 5.13 Å². The van der Waals surface area contributed by atoms with E-state index in [9.17, 15) is 4.79 Å². The van der Waals surface area contributed by atoms with E-state index in [0.29, 0.717) is 10.7 Å². The summed E-state index contributed by atoms with van der Waals surface area (Å²) >= 11 is 3.14. The summed E-state index contributed by atoms with van der Waals surface area (Å²) in [4.78, 5) is 21.7. The second kappa shape index (κ2) is 5.65. The van der Waals surface area contributed by atoms with E-state index in [2.05, 4.69) is 15.3 Å². The molecule has 24 heavy (non-hydrogen) atoms. The number of carbonyl (C=O) groups is 1. The van der Waals surface area contributed by atoms with Gasteiger partial charge in [0.1, 0.15) is 5.52 Å². The van der Waals surface area contributed by atoms with Gasteiger partial charge in [0.05, 0.1) is 19.9 Å². The summed E-state index contributed by atoms with van der Waals surface area (Å²) in [6, 6.07) is 9.84. The highest BCUT2D eigenvalue weighted by atomic mass is 32.1. The molecule has 0 atom stereocenters. The molecular weight excluding hydrogens is 338 g/mol. The summed E-state index contributed by atoms with van der Waals surface area (Å²) in [6.45, 7) is 5.96. The molecule has 2 aromatic carbocycles. The van der Waals surface area contributed by atoms with Gasteiger partial charge >= 0.3 is 0 Å². The normalized spacial score (nSPS) is 11.3. The van der Waals surface area contributed by atoms with Gasteiger partial charge in [-0.1, -0.05) is 29.0 Å². The maximum atomic E-state index is 12.5. The second-order valence-corrected chi connectivity index (χ2v) is 8.02. The fourth-order valence-corrected chi connectivity index (χ4v) is 4.63. The third-order valence-electron chi connectivity index (χ3n) is 3.87. The van der Waals surface area contributed by atoms with Gasteiger partial charge in [0.25, 0.3) is 5.91 Å². The minimum Gasteiger partial charge on any atom is -0.298 e. The zero-order chi connectivity index (χ0) is 16.8. The largest absolute Gasteiger partial charge is 0.298 e. The van der Waals surface area contributed by atoms with Crippen LogP contribution in [0.3, 0.4) is 0 Å². The van der Waals surface area contributed by atoms with Gasteiger partial charge in [-0.25, -0.2) is 9.97 Å². The van der Waals surface area contributed by atoms with Crippen LogP contribution in [0.15, 0.2) is 30.3 Å². The number of amides is 1. The van der Waals surface area contributed by atoms with Crippen molar-refractivity contribution in [1.82, 2.24) is 9.97 Å². The Morgan fingerprint density at radius 1 is 1.04 bits per heavy atom. The number of aromatic nitrogens is 2. The summed E-state index contributed by atoms with van der Waals surface area (Å²) < 4.78 is 2.17. The van der Waals surface area contributed by atoms with Crippen LogP contribution in [0, 0.1) is 20.8 Å². The van der Waals surface area contributed by atoms with Crippen molar-refractivity contribution in [3.05, 3.63) is 52.0 Å². The third-order valence-corrected chi connectivity index (χ3v) is 5.80. The predicted molar refractivity (Wildman–Crippen MR) is 101 cm³/mol. The van der Waals surface area contributed by atoms with Crippen LogP contribution in [0.5, 0.6) is 0 Å². The number of hydrogen-bond donors (Lipinski definition) is 1. The molecular formula is C18H15N3OS2. The van der Waals surface area contributed by atoms with Crippen LogP contribution in [0.4, 0.5) is 5.13 Å². The number of fused-ring (bicyclic) bond motifs is 3. The minimum atomic E-state index is -0.128. The molecule has 4 aromatic rings. The molecule has 0 aliphatic carbocycles. The Hall–Kier alpha value is -2.31. The topological polar surface area (TPSA) is 54.9 Å². The molecule has 0 fully saturated rings. The van der Waals surface area contributed by atoms with Crippen LogP contribution in [0.1, 0.15) is 26.5 Å². The summed E-state index contributed by atoms with van der Waals surface area (Å²) in [5, 5.41) is 4.56. The van der Waals surface area contributed by atoms with Crippen molar-refractivity contribution in [2.24, 2.45) is 0 Å². The van der Waals surface area contributed by atoms with Crippen LogP contribution in [-0.4, -0.2) is 15.9 Å². The van der Waals surface area contributed by atoms with Crippen molar-refractivity contribution in [2.75, 3.05) is 5.32 Å². The van der Waals surface area contributed by atoms with Crippen molar-refractivity contribution in [2.45, 2.75) is 20.8 Å². The highest BCUT2D eigenvalue weighted by molar-refractivity contribution is 7.24. The zero-order valence-corrected chi connectivity index (χ0v) is 15.1. The Balaban J connectivity index is 1.71. The van der Waals surface area contributed by atoms with Crippen LogP contribution in [0.2, 0.25) is 0 Å². The van der Waals surface area contributed by atoms with Crippen molar-refractivity contribution in [3.63, 3.8) is 0 Å². The molecule has 4 rings (SSSR count). The summed E-state index contributed by atoms with van der Waals surface area (Å²) in [7, 11) is 0. The lowest BCUT2D eigenvalue weighted by Crippen LogP contribution is -2.13. The molecule has 120 valence electrons. The van der Waals surface area contributed by atoms with E-state index in [1.807, 2.05) is 51.1 Å². The van der Waals surface area contributed by atoms with E-state index >= 15 is 0 Å². The number of hydrogen-bond acceptors (Lipinski definition) is 5. The maximum absolute atomic E-state index is 12.5. The van der Waals surface area contributed by atoms with Gasteiger partial charge in [-0.2, -0.15) is 0 Å². The molecule has 4 nitrogen and oxygen atoms in total. The molecule has 0 unspecified atom stereocenters. The number of aryl methyl sites for hydroxylation is 3. The van der Waals surface area contributed by atoms with Gasteiger partial charge in [-0.15, -0.1) is 11.3 Å². The Morgan fingerprint density at radius 3 is 2.67 bits per heavy atom. The van der Waals surface area contributed by atoms with Crippen LogP contribution < -0.4 is 5.32 Å². The van der Waals surface area contributed by atoms with E-state index in [1.165, 1.54) is 11.3 Å². The number of carbonyl (C=O) groups excluding carboxylic acids is 1. The van der Waals surface area contributed by atoms with Crippen molar-refractivity contribution < 1.29 is 4.79 Å². The molecule has 0 bridgehead atoms. The van der Waals surface area contributed by atoms with E-state index in [-0.39, 0.29) is 5.91 Å². The second-order valence-electron chi connectivity index (χ2n) is 5.78. The number of nitrogens with zero attached hydrogens (tertiary/aromatic N) is 2.